The highest BCUT2D eigenvalue weighted by Gasteiger charge is 2.50. The van der Waals surface area contributed by atoms with Crippen LogP contribution >= 0.6 is 0 Å². The Morgan fingerprint density at radius 1 is 1.18 bits per heavy atom. The molecular formula is C24H26N4O5. The number of likely N-dealkylation sites (N-methyl/N-ethyl adjacent to an activating group) is 1. The number of hydrogen-bond acceptors (Lipinski definition) is 5. The number of nitrogens with one attached hydrogen (secondary N) is 3. The van der Waals surface area contributed by atoms with Gasteiger partial charge in [0.1, 0.15) is 5.75 Å². The smallest absolute Gasteiger partial charge is 0.321 e. The highest BCUT2D eigenvalue weighted by Crippen LogP contribution is 2.48. The molecule has 172 valence electrons. The van der Waals surface area contributed by atoms with E-state index in [1.807, 2.05) is 36.4 Å². The van der Waals surface area contributed by atoms with E-state index < -0.39 is 17.5 Å². The van der Waals surface area contributed by atoms with Gasteiger partial charge in [-0.2, -0.15) is 0 Å². The summed E-state index contributed by atoms with van der Waals surface area (Å²) in [6.07, 6.45) is 1.89. The van der Waals surface area contributed by atoms with Gasteiger partial charge in [-0.1, -0.05) is 30.3 Å². The first-order chi connectivity index (χ1) is 15.9. The van der Waals surface area contributed by atoms with Crippen LogP contribution in [0.3, 0.4) is 0 Å². The second-order valence-electron chi connectivity index (χ2n) is 8.28. The highest BCUT2D eigenvalue weighted by molar-refractivity contribution is 5.98. The number of carbonyl (C=O) groups excluding carboxylic acids is 4. The summed E-state index contributed by atoms with van der Waals surface area (Å²) >= 11 is 0. The minimum absolute atomic E-state index is 0.00820. The van der Waals surface area contributed by atoms with E-state index in [2.05, 4.69) is 16.0 Å². The van der Waals surface area contributed by atoms with Gasteiger partial charge in [0.15, 0.2) is 0 Å². The lowest BCUT2D eigenvalue weighted by Gasteiger charge is -2.25. The molecular weight excluding hydrogens is 424 g/mol. The quantitative estimate of drug-likeness (QED) is 0.529. The van der Waals surface area contributed by atoms with E-state index in [0.29, 0.717) is 24.3 Å². The van der Waals surface area contributed by atoms with Crippen molar-refractivity contribution in [1.29, 1.82) is 0 Å². The van der Waals surface area contributed by atoms with Crippen LogP contribution in [0.25, 0.3) is 0 Å². The summed E-state index contributed by atoms with van der Waals surface area (Å²) in [5.41, 5.74) is 2.64. The molecule has 1 fully saturated rings. The Hall–Kier alpha value is -3.88. The summed E-state index contributed by atoms with van der Waals surface area (Å²) in [5.74, 6) is 0.440. The van der Waals surface area contributed by atoms with Gasteiger partial charge in [-0.15, -0.1) is 0 Å². The van der Waals surface area contributed by atoms with Crippen molar-refractivity contribution in [2.45, 2.75) is 30.8 Å². The van der Waals surface area contributed by atoms with Crippen molar-refractivity contribution in [2.24, 2.45) is 0 Å². The maximum Gasteiger partial charge on any atom is 0.321 e. The monoisotopic (exact) mass is 450 g/mol. The molecule has 9 heteroatoms. The van der Waals surface area contributed by atoms with Gasteiger partial charge < -0.3 is 20.3 Å². The lowest BCUT2D eigenvalue weighted by Crippen LogP contribution is -2.42. The molecule has 1 aliphatic heterocycles. The molecule has 1 atom stereocenters. The zero-order chi connectivity index (χ0) is 23.6. The average Bonchev–Trinajstić information content (AvgIpc) is 3.59. The summed E-state index contributed by atoms with van der Waals surface area (Å²) < 4.78 is 5.22. The van der Waals surface area contributed by atoms with E-state index >= 15 is 0 Å². The minimum Gasteiger partial charge on any atom is -0.497 e. The van der Waals surface area contributed by atoms with Crippen LogP contribution in [-0.4, -0.2) is 49.9 Å². The summed E-state index contributed by atoms with van der Waals surface area (Å²) in [6.45, 7) is 0.617. The van der Waals surface area contributed by atoms with E-state index in [9.17, 15) is 19.2 Å². The second-order valence-corrected chi connectivity index (χ2v) is 8.28. The van der Waals surface area contributed by atoms with Crippen molar-refractivity contribution in [3.05, 3.63) is 64.7 Å². The Morgan fingerprint density at radius 3 is 2.52 bits per heavy atom. The molecule has 3 N–H and O–H groups in total. The average molecular weight is 450 g/mol. The Morgan fingerprint density at radius 2 is 1.91 bits per heavy atom. The van der Waals surface area contributed by atoms with Crippen LogP contribution in [0.15, 0.2) is 42.5 Å². The van der Waals surface area contributed by atoms with Gasteiger partial charge in [0.05, 0.1) is 18.6 Å². The van der Waals surface area contributed by atoms with Crippen molar-refractivity contribution >= 4 is 24.3 Å². The Labute approximate surface area is 191 Å². The fourth-order valence-corrected chi connectivity index (χ4v) is 4.37. The third-order valence-electron chi connectivity index (χ3n) is 6.37. The number of nitrogens with zero attached hydrogens (tertiary/aromatic N) is 1. The van der Waals surface area contributed by atoms with E-state index in [0.717, 1.165) is 29.5 Å². The molecule has 0 spiro atoms. The van der Waals surface area contributed by atoms with Gasteiger partial charge in [0.2, 0.25) is 12.3 Å². The van der Waals surface area contributed by atoms with Crippen molar-refractivity contribution < 1.29 is 23.9 Å². The van der Waals surface area contributed by atoms with Crippen molar-refractivity contribution in [3.63, 3.8) is 0 Å². The van der Waals surface area contributed by atoms with Crippen LogP contribution < -0.4 is 20.7 Å². The molecule has 2 aromatic carbocycles. The Balaban J connectivity index is 1.56. The third kappa shape index (κ3) is 4.26. The molecule has 0 bridgehead atoms. The molecule has 33 heavy (non-hydrogen) atoms. The van der Waals surface area contributed by atoms with Crippen molar-refractivity contribution in [1.82, 2.24) is 20.9 Å². The molecule has 1 saturated carbocycles. The molecule has 0 radical (unpaired) electrons. The van der Waals surface area contributed by atoms with Gasteiger partial charge in [0.25, 0.3) is 5.91 Å². The first kappa shape index (κ1) is 22.3. The van der Waals surface area contributed by atoms with Gasteiger partial charge in [0, 0.05) is 25.7 Å². The molecule has 2 aromatic rings. The SMILES string of the molecule is CNC(=O)C1(c2ccc([C@H](CN3Cc4ccc(OC)cc4C3=O)NC(=O)NC=O)cc2)CC1. The number of hydrogen-bond donors (Lipinski definition) is 3. The summed E-state index contributed by atoms with van der Waals surface area (Å²) in [4.78, 5) is 49.8. The number of rotatable bonds is 8. The second kappa shape index (κ2) is 8.93. The maximum atomic E-state index is 13.0. The Kier molecular flexibility index (Phi) is 6.04. The normalized spacial score (nSPS) is 16.4. The molecule has 5 amide bonds. The van der Waals surface area contributed by atoms with Gasteiger partial charge in [-0.05, 0) is 41.7 Å². The maximum absolute atomic E-state index is 13.0. The third-order valence-corrected chi connectivity index (χ3v) is 6.37. The molecule has 9 nitrogen and oxygen atoms in total. The molecule has 0 saturated heterocycles. The number of methoxy groups -OCH3 is 1. The lowest BCUT2D eigenvalue weighted by atomic mass is 9.93. The molecule has 1 aliphatic carbocycles. The first-order valence-corrected chi connectivity index (χ1v) is 10.7. The van der Waals surface area contributed by atoms with E-state index in [-0.39, 0.29) is 18.4 Å². The van der Waals surface area contributed by atoms with Crippen LogP contribution in [-0.2, 0) is 21.5 Å². The zero-order valence-electron chi connectivity index (χ0n) is 18.5. The van der Waals surface area contributed by atoms with Gasteiger partial charge in [-0.25, -0.2) is 4.79 Å². The first-order valence-electron chi connectivity index (χ1n) is 10.7. The largest absolute Gasteiger partial charge is 0.497 e. The predicted molar refractivity (Wildman–Crippen MR) is 120 cm³/mol. The molecule has 0 aromatic heterocycles. The van der Waals surface area contributed by atoms with Gasteiger partial charge >= 0.3 is 6.03 Å². The zero-order valence-corrected chi connectivity index (χ0v) is 18.5. The summed E-state index contributed by atoms with van der Waals surface area (Å²) in [7, 11) is 3.17. The Bertz CT molecular complexity index is 1090. The number of carbonyl (C=O) groups is 4. The number of benzene rings is 2. The lowest BCUT2D eigenvalue weighted by molar-refractivity contribution is -0.123. The van der Waals surface area contributed by atoms with Crippen LogP contribution in [0.4, 0.5) is 4.79 Å². The van der Waals surface area contributed by atoms with Crippen molar-refractivity contribution in [2.75, 3.05) is 20.7 Å². The topological polar surface area (TPSA) is 117 Å². The predicted octanol–water partition coefficient (Wildman–Crippen LogP) is 1.63. The highest BCUT2D eigenvalue weighted by atomic mass is 16.5. The molecule has 1 heterocycles. The number of fused-ring (bicyclic) bond motifs is 1. The van der Waals surface area contributed by atoms with E-state index in [1.165, 1.54) is 0 Å². The summed E-state index contributed by atoms with van der Waals surface area (Å²) in [6, 6.07) is 11.6. The van der Waals surface area contributed by atoms with Crippen LogP contribution in [0, 0.1) is 0 Å². The fourth-order valence-electron chi connectivity index (χ4n) is 4.37. The molecule has 4 rings (SSSR count). The van der Waals surface area contributed by atoms with Gasteiger partial charge in [-0.3, -0.25) is 19.7 Å². The summed E-state index contributed by atoms with van der Waals surface area (Å²) in [5, 5.41) is 7.56. The standard InChI is InChI=1S/C24H26N4O5/c1-25-22(31)24(9-10-24)17-6-3-15(4-7-17)20(27-23(32)26-14-29)13-28-12-16-5-8-18(33-2)11-19(16)21(28)30/h3-8,11,14,20H,9-10,12-13H2,1-2H3,(H,25,31)(H2,26,27,29,32)/t20-/m0/s1. The van der Waals surface area contributed by atoms with E-state index in [4.69, 9.17) is 4.74 Å². The van der Waals surface area contributed by atoms with Crippen LogP contribution in [0.5, 0.6) is 5.75 Å². The van der Waals surface area contributed by atoms with E-state index in [1.54, 1.807) is 25.1 Å². The minimum atomic E-state index is -0.658. The molecule has 0 unspecified atom stereocenters. The molecule has 2 aliphatic rings. The van der Waals surface area contributed by atoms with Crippen LogP contribution in [0.1, 0.15) is 45.9 Å². The fraction of sp³-hybridized carbons (Fsp3) is 0.333. The van der Waals surface area contributed by atoms with Crippen molar-refractivity contribution in [3.8, 4) is 5.75 Å². The van der Waals surface area contributed by atoms with Crippen LogP contribution in [0.2, 0.25) is 0 Å². The number of imide groups is 1. The number of amides is 5. The number of ether oxygens (including phenoxy) is 1. The number of urea groups is 1.